The van der Waals surface area contributed by atoms with Gasteiger partial charge in [-0.2, -0.15) is 0 Å². The smallest absolute Gasteiger partial charge is 0.462 e. The first-order chi connectivity index (χ1) is 39.4. The summed E-state index contributed by atoms with van der Waals surface area (Å²) in [4.78, 5) is 71.9. The van der Waals surface area contributed by atoms with Crippen molar-refractivity contribution in [3.8, 4) is 0 Å². The van der Waals surface area contributed by atoms with Crippen molar-refractivity contribution in [1.29, 1.82) is 0 Å². The summed E-state index contributed by atoms with van der Waals surface area (Å²) >= 11 is 0. The van der Waals surface area contributed by atoms with Gasteiger partial charge in [-0.05, 0) is 37.5 Å². The van der Waals surface area contributed by atoms with Crippen molar-refractivity contribution in [2.75, 3.05) is 39.6 Å². The van der Waals surface area contributed by atoms with Crippen molar-refractivity contribution in [2.45, 2.75) is 330 Å². The van der Waals surface area contributed by atoms with Crippen LogP contribution in [0.1, 0.15) is 311 Å². The molecule has 0 aliphatic heterocycles. The van der Waals surface area contributed by atoms with Crippen molar-refractivity contribution < 1.29 is 80.2 Å². The molecule has 82 heavy (non-hydrogen) atoms. The Hall–Kier alpha value is -1.94. The van der Waals surface area contributed by atoms with E-state index in [4.69, 9.17) is 37.0 Å². The Balaban J connectivity index is 5.18. The van der Waals surface area contributed by atoms with Gasteiger partial charge in [0.1, 0.15) is 19.3 Å². The molecule has 0 heterocycles. The Morgan fingerprint density at radius 3 is 0.829 bits per heavy atom. The maximum absolute atomic E-state index is 13.0. The summed E-state index contributed by atoms with van der Waals surface area (Å²) in [6.45, 7) is 9.33. The minimum absolute atomic E-state index is 0.102. The summed E-state index contributed by atoms with van der Waals surface area (Å²) in [6.07, 6.45) is 38.0. The van der Waals surface area contributed by atoms with Crippen LogP contribution in [-0.2, 0) is 65.4 Å². The van der Waals surface area contributed by atoms with Gasteiger partial charge in [-0.15, -0.1) is 0 Å². The molecular weight excluding hydrogens is 1090 g/mol. The lowest BCUT2D eigenvalue weighted by molar-refractivity contribution is -0.161. The molecular formula is C63H122O17P2. The van der Waals surface area contributed by atoms with Crippen LogP contribution in [0, 0.1) is 11.8 Å². The van der Waals surface area contributed by atoms with Gasteiger partial charge in [0.2, 0.25) is 0 Å². The van der Waals surface area contributed by atoms with Gasteiger partial charge in [-0.3, -0.25) is 37.3 Å². The van der Waals surface area contributed by atoms with Crippen LogP contribution >= 0.6 is 15.6 Å². The number of phosphoric ester groups is 2. The Morgan fingerprint density at radius 1 is 0.329 bits per heavy atom. The lowest BCUT2D eigenvalue weighted by atomic mass is 10.0. The Labute approximate surface area is 498 Å². The Bertz CT molecular complexity index is 1620. The van der Waals surface area contributed by atoms with Crippen LogP contribution in [0.3, 0.4) is 0 Å². The zero-order chi connectivity index (χ0) is 60.8. The lowest BCUT2D eigenvalue weighted by Gasteiger charge is -2.21. The molecule has 3 N–H and O–H groups in total. The fraction of sp³-hybridized carbons (Fsp3) is 0.937. The van der Waals surface area contributed by atoms with Crippen molar-refractivity contribution in [1.82, 2.24) is 0 Å². The average Bonchev–Trinajstić information content (AvgIpc) is 3.44. The number of carbonyl (C=O) groups is 4. The number of esters is 4. The maximum Gasteiger partial charge on any atom is 0.472 e. The van der Waals surface area contributed by atoms with Crippen LogP contribution in [0.25, 0.3) is 0 Å². The number of hydrogen-bond donors (Lipinski definition) is 3. The van der Waals surface area contributed by atoms with Crippen molar-refractivity contribution in [3.63, 3.8) is 0 Å². The van der Waals surface area contributed by atoms with Crippen LogP contribution in [-0.4, -0.2) is 96.7 Å². The van der Waals surface area contributed by atoms with Crippen molar-refractivity contribution in [3.05, 3.63) is 0 Å². The van der Waals surface area contributed by atoms with Crippen LogP contribution in [0.5, 0.6) is 0 Å². The maximum atomic E-state index is 13.0. The van der Waals surface area contributed by atoms with Crippen molar-refractivity contribution in [2.24, 2.45) is 11.8 Å². The predicted molar refractivity (Wildman–Crippen MR) is 326 cm³/mol. The summed E-state index contributed by atoms with van der Waals surface area (Å²) in [5.74, 6) is -0.692. The molecule has 0 aromatic carbocycles. The molecule has 5 atom stereocenters. The van der Waals surface area contributed by atoms with E-state index in [9.17, 15) is 43.2 Å². The standard InChI is InChI=1S/C63H122O17P2/c1-7-9-11-13-14-15-16-17-18-19-24-29-35-41-47-62(67)80-59(52-74-61(66)46-40-34-28-23-21-20-22-26-32-37-43-55(3)4)54-78-82(71,72)76-50-57(64)49-75-81(69,70)77-53-58(51-73-60(65)45-39-31-12-10-8-2)79-63(68)48-42-36-30-25-27-33-38-44-56(5)6/h55-59,64H,7-54H2,1-6H3,(H,69,70)(H,71,72)/t57-,58+,59+/m0/s1. The Kier molecular flexibility index (Phi) is 54.3. The SMILES string of the molecule is CCCCCCCCCCCCCCCCC(=O)O[C@H](COC(=O)CCCCCCCCCCCCC(C)C)COP(=O)(O)OC[C@@H](O)COP(=O)(O)OC[C@@H](COC(=O)CCCCCCC)OC(=O)CCCCCCCCCC(C)C. The first kappa shape index (κ1) is 80.1. The quantitative estimate of drug-likeness (QED) is 0.0222. The van der Waals surface area contributed by atoms with Gasteiger partial charge >= 0.3 is 39.5 Å². The van der Waals surface area contributed by atoms with Gasteiger partial charge in [0.25, 0.3) is 0 Å². The van der Waals surface area contributed by atoms with Crippen molar-refractivity contribution >= 4 is 39.5 Å². The number of hydrogen-bond acceptors (Lipinski definition) is 15. The number of phosphoric acid groups is 2. The Morgan fingerprint density at radius 2 is 0.561 bits per heavy atom. The summed E-state index contributed by atoms with van der Waals surface area (Å²) in [5, 5.41) is 10.5. The number of carbonyl (C=O) groups excluding carboxylic acids is 4. The third-order valence-corrected chi connectivity index (χ3v) is 16.4. The summed E-state index contributed by atoms with van der Waals surface area (Å²) in [7, 11) is -9.88. The minimum atomic E-state index is -4.94. The number of ether oxygens (including phenoxy) is 4. The summed E-state index contributed by atoms with van der Waals surface area (Å²) in [6, 6.07) is 0. The van der Waals surface area contributed by atoms with E-state index < -0.39 is 97.5 Å². The highest BCUT2D eigenvalue weighted by Gasteiger charge is 2.30. The van der Waals surface area contributed by atoms with Gasteiger partial charge < -0.3 is 33.8 Å². The first-order valence-electron chi connectivity index (χ1n) is 33.0. The van der Waals surface area contributed by atoms with Gasteiger partial charge in [0.05, 0.1) is 26.4 Å². The summed E-state index contributed by atoms with van der Waals surface area (Å²) < 4.78 is 67.8. The van der Waals surface area contributed by atoms with Crippen LogP contribution in [0.2, 0.25) is 0 Å². The molecule has 0 spiro atoms. The highest BCUT2D eigenvalue weighted by atomic mass is 31.2. The molecule has 0 radical (unpaired) electrons. The molecule has 0 aliphatic rings. The molecule has 0 saturated carbocycles. The molecule has 0 saturated heterocycles. The van der Waals surface area contributed by atoms with Crippen LogP contribution in [0.15, 0.2) is 0 Å². The normalized spacial score (nSPS) is 14.3. The van der Waals surface area contributed by atoms with Gasteiger partial charge in [-0.25, -0.2) is 9.13 Å². The van der Waals surface area contributed by atoms with E-state index in [0.717, 1.165) is 102 Å². The fourth-order valence-electron chi connectivity index (χ4n) is 9.35. The molecule has 0 aromatic rings. The van der Waals surface area contributed by atoms with E-state index in [0.29, 0.717) is 31.6 Å². The van der Waals surface area contributed by atoms with Gasteiger partial charge in [-0.1, -0.05) is 260 Å². The van der Waals surface area contributed by atoms with E-state index in [1.165, 1.54) is 122 Å². The van der Waals surface area contributed by atoms with Gasteiger partial charge in [0, 0.05) is 25.7 Å². The van der Waals surface area contributed by atoms with E-state index in [1.54, 1.807) is 0 Å². The number of rotatable bonds is 62. The lowest BCUT2D eigenvalue weighted by Crippen LogP contribution is -2.30. The van der Waals surface area contributed by atoms with E-state index in [-0.39, 0.29) is 25.7 Å². The zero-order valence-corrected chi connectivity index (χ0v) is 54.6. The molecule has 2 unspecified atom stereocenters. The van der Waals surface area contributed by atoms with Gasteiger partial charge in [0.15, 0.2) is 12.2 Å². The second-order valence-electron chi connectivity index (χ2n) is 23.7. The number of aliphatic hydroxyl groups excluding tert-OH is 1. The van der Waals surface area contributed by atoms with E-state index in [2.05, 4.69) is 41.5 Å². The summed E-state index contributed by atoms with van der Waals surface area (Å²) in [5.41, 5.74) is 0. The molecule has 0 aromatic heterocycles. The topological polar surface area (TPSA) is 237 Å². The van der Waals surface area contributed by atoms with Crippen LogP contribution in [0.4, 0.5) is 0 Å². The second-order valence-corrected chi connectivity index (χ2v) is 26.7. The average molecular weight is 1210 g/mol. The highest BCUT2D eigenvalue weighted by Crippen LogP contribution is 2.45. The monoisotopic (exact) mass is 1210 g/mol. The predicted octanol–water partition coefficient (Wildman–Crippen LogP) is 17.3. The zero-order valence-electron chi connectivity index (χ0n) is 52.8. The molecule has 0 fully saturated rings. The number of aliphatic hydroxyl groups is 1. The second kappa shape index (κ2) is 55.6. The molecule has 0 aliphatic carbocycles. The highest BCUT2D eigenvalue weighted by molar-refractivity contribution is 7.47. The molecule has 0 bridgehead atoms. The minimum Gasteiger partial charge on any atom is -0.462 e. The van der Waals surface area contributed by atoms with Crippen LogP contribution < -0.4 is 0 Å². The largest absolute Gasteiger partial charge is 0.472 e. The first-order valence-corrected chi connectivity index (χ1v) is 36.0. The number of unbranched alkanes of at least 4 members (excludes halogenated alkanes) is 32. The van der Waals surface area contributed by atoms with E-state index in [1.807, 2.05) is 0 Å². The molecule has 0 rings (SSSR count). The third-order valence-electron chi connectivity index (χ3n) is 14.5. The molecule has 0 amide bonds. The third kappa shape index (κ3) is 57.2. The molecule has 486 valence electrons. The molecule has 17 nitrogen and oxygen atoms in total. The van der Waals surface area contributed by atoms with E-state index >= 15 is 0 Å². The molecule has 19 heteroatoms. The fourth-order valence-corrected chi connectivity index (χ4v) is 10.9.